The van der Waals surface area contributed by atoms with Gasteiger partial charge in [-0.15, -0.1) is 0 Å². The summed E-state index contributed by atoms with van der Waals surface area (Å²) < 4.78 is 58.0. The fraction of sp³-hybridized carbons (Fsp3) is 0.450. The molecule has 2 aromatic rings. The van der Waals surface area contributed by atoms with Gasteiger partial charge in [0.1, 0.15) is 11.6 Å². The molecule has 13 heteroatoms. The molecule has 0 amide bonds. The van der Waals surface area contributed by atoms with Gasteiger partial charge in [-0.25, -0.2) is 14.0 Å². The number of ether oxygens (including phenoxy) is 1. The van der Waals surface area contributed by atoms with Crippen LogP contribution in [0.3, 0.4) is 0 Å². The Bertz CT molecular complexity index is 1160. The molecule has 180 valence electrons. The lowest BCUT2D eigenvalue weighted by molar-refractivity contribution is -0.205. The van der Waals surface area contributed by atoms with Crippen LogP contribution in [0, 0.1) is 5.82 Å². The van der Waals surface area contributed by atoms with Gasteiger partial charge in [-0.3, -0.25) is 19.7 Å². The van der Waals surface area contributed by atoms with E-state index in [1.807, 2.05) is 0 Å². The van der Waals surface area contributed by atoms with Crippen LogP contribution >= 0.6 is 0 Å². The van der Waals surface area contributed by atoms with Crippen molar-refractivity contribution in [3.8, 4) is 0 Å². The van der Waals surface area contributed by atoms with E-state index in [-0.39, 0.29) is 29.5 Å². The molecular formula is C20H23F4N5O4. The Morgan fingerprint density at radius 3 is 2.61 bits per heavy atom. The molecule has 0 aliphatic carbocycles. The fourth-order valence-electron chi connectivity index (χ4n) is 3.69. The van der Waals surface area contributed by atoms with Gasteiger partial charge in [0.15, 0.2) is 6.23 Å². The largest absolute Gasteiger partial charge is 0.490 e. The number of hydrogen-bond acceptors (Lipinski definition) is 7. The lowest BCUT2D eigenvalue weighted by Crippen LogP contribution is -2.47. The standard InChI is InChI=1S/C20H23F4N5O4/c1-27-16(30)8-15(28-6-2-3-13(25)10-28)29(19(27)32)9-11-7-12(21)4-5-14(11)17(26)33-18(31)20(22,23)24/h4-5,7-8,13,17H,2-3,6,9-10,25-26H2,1H3/t13-,17+/m1/s1. The quantitative estimate of drug-likeness (QED) is 0.373. The van der Waals surface area contributed by atoms with Crippen LogP contribution < -0.4 is 27.6 Å². The molecule has 4 N–H and O–H groups in total. The van der Waals surface area contributed by atoms with Crippen molar-refractivity contribution in [2.45, 2.75) is 37.8 Å². The summed E-state index contributed by atoms with van der Waals surface area (Å²) in [7, 11) is 1.26. The maximum atomic E-state index is 14.0. The molecule has 33 heavy (non-hydrogen) atoms. The smallest absolute Gasteiger partial charge is 0.436 e. The summed E-state index contributed by atoms with van der Waals surface area (Å²) in [6.45, 7) is 0.530. The molecule has 0 saturated carbocycles. The molecule has 2 atom stereocenters. The van der Waals surface area contributed by atoms with Crippen molar-refractivity contribution in [1.82, 2.24) is 9.13 Å². The molecule has 1 aliphatic heterocycles. The Kier molecular flexibility index (Phi) is 6.93. The Balaban J connectivity index is 2.05. The van der Waals surface area contributed by atoms with Gasteiger partial charge in [0, 0.05) is 37.8 Å². The van der Waals surface area contributed by atoms with Gasteiger partial charge in [-0.2, -0.15) is 13.2 Å². The molecule has 9 nitrogen and oxygen atoms in total. The van der Waals surface area contributed by atoms with Crippen molar-refractivity contribution >= 4 is 11.8 Å². The highest BCUT2D eigenvalue weighted by molar-refractivity contribution is 5.75. The van der Waals surface area contributed by atoms with Crippen molar-refractivity contribution < 1.29 is 27.1 Å². The second-order valence-corrected chi connectivity index (χ2v) is 7.78. The Morgan fingerprint density at radius 1 is 1.27 bits per heavy atom. The van der Waals surface area contributed by atoms with Crippen LogP contribution in [-0.2, 0) is 23.1 Å². The molecule has 0 spiro atoms. The highest BCUT2D eigenvalue weighted by atomic mass is 19.4. The van der Waals surface area contributed by atoms with E-state index in [9.17, 15) is 31.9 Å². The van der Waals surface area contributed by atoms with E-state index in [0.29, 0.717) is 19.5 Å². The number of benzene rings is 1. The molecule has 0 unspecified atom stereocenters. The van der Waals surface area contributed by atoms with E-state index in [0.717, 1.165) is 29.2 Å². The highest BCUT2D eigenvalue weighted by Crippen LogP contribution is 2.25. The number of aromatic nitrogens is 2. The normalized spacial score (nSPS) is 17.7. The molecule has 2 heterocycles. The number of rotatable bonds is 5. The van der Waals surface area contributed by atoms with Crippen LogP contribution in [-0.4, -0.2) is 40.4 Å². The summed E-state index contributed by atoms with van der Waals surface area (Å²) in [6, 6.07) is 4.03. The van der Waals surface area contributed by atoms with Crippen LogP contribution in [0.4, 0.5) is 23.4 Å². The first kappa shape index (κ1) is 24.5. The third-order valence-electron chi connectivity index (χ3n) is 5.36. The Labute approximate surface area is 185 Å². The van der Waals surface area contributed by atoms with Crippen LogP contribution in [0.5, 0.6) is 0 Å². The second-order valence-electron chi connectivity index (χ2n) is 7.78. The summed E-state index contributed by atoms with van der Waals surface area (Å²) in [5.41, 5.74) is 10.2. The number of carbonyl (C=O) groups excluding carboxylic acids is 1. The van der Waals surface area contributed by atoms with Crippen LogP contribution in [0.25, 0.3) is 0 Å². The molecule has 1 aromatic heterocycles. The average Bonchev–Trinajstić information content (AvgIpc) is 2.73. The van der Waals surface area contributed by atoms with Gasteiger partial charge in [-0.05, 0) is 30.5 Å². The van der Waals surface area contributed by atoms with Crippen LogP contribution in [0.15, 0.2) is 33.9 Å². The number of halogens is 4. The maximum absolute atomic E-state index is 14.0. The lowest BCUT2D eigenvalue weighted by atomic mass is 10.1. The third kappa shape index (κ3) is 5.42. The average molecular weight is 473 g/mol. The number of carbonyl (C=O) groups is 1. The first-order valence-corrected chi connectivity index (χ1v) is 10.0. The monoisotopic (exact) mass is 473 g/mol. The molecule has 0 radical (unpaired) electrons. The number of piperidine rings is 1. The topological polar surface area (TPSA) is 126 Å². The first-order valence-electron chi connectivity index (χ1n) is 10.0. The van der Waals surface area contributed by atoms with Gasteiger partial charge >= 0.3 is 17.8 Å². The molecule has 0 bridgehead atoms. The van der Waals surface area contributed by atoms with Crippen molar-refractivity contribution in [2.24, 2.45) is 18.5 Å². The minimum Gasteiger partial charge on any atom is -0.436 e. The number of hydrogen-bond donors (Lipinski definition) is 2. The lowest BCUT2D eigenvalue weighted by Gasteiger charge is -2.34. The van der Waals surface area contributed by atoms with E-state index in [4.69, 9.17) is 11.5 Å². The van der Waals surface area contributed by atoms with Crippen molar-refractivity contribution in [2.75, 3.05) is 18.0 Å². The summed E-state index contributed by atoms with van der Waals surface area (Å²) in [4.78, 5) is 38.2. The summed E-state index contributed by atoms with van der Waals surface area (Å²) in [5, 5.41) is 0. The molecular weight excluding hydrogens is 450 g/mol. The summed E-state index contributed by atoms with van der Waals surface area (Å²) in [6.07, 6.45) is -5.66. The summed E-state index contributed by atoms with van der Waals surface area (Å²) >= 11 is 0. The van der Waals surface area contributed by atoms with E-state index in [2.05, 4.69) is 4.74 Å². The van der Waals surface area contributed by atoms with E-state index in [1.54, 1.807) is 4.90 Å². The first-order chi connectivity index (χ1) is 15.4. The highest BCUT2D eigenvalue weighted by Gasteiger charge is 2.42. The zero-order valence-electron chi connectivity index (χ0n) is 17.6. The number of nitrogens with two attached hydrogens (primary N) is 2. The zero-order chi connectivity index (χ0) is 24.5. The minimum absolute atomic E-state index is 0.000723. The van der Waals surface area contributed by atoms with Crippen molar-refractivity contribution in [3.05, 3.63) is 62.0 Å². The predicted octanol–water partition coefficient (Wildman–Crippen LogP) is 0.725. The van der Waals surface area contributed by atoms with Crippen molar-refractivity contribution in [3.63, 3.8) is 0 Å². The number of anilines is 1. The van der Waals surface area contributed by atoms with Gasteiger partial charge in [0.05, 0.1) is 6.54 Å². The van der Waals surface area contributed by atoms with E-state index in [1.165, 1.54) is 17.7 Å². The number of esters is 1. The summed E-state index contributed by atoms with van der Waals surface area (Å²) in [5.74, 6) is -3.02. The van der Waals surface area contributed by atoms with E-state index >= 15 is 0 Å². The second kappa shape index (κ2) is 9.35. The molecule has 1 saturated heterocycles. The SMILES string of the molecule is Cn1c(=O)cc(N2CCC[C@@H](N)C2)n(Cc2cc(F)ccc2[C@@H](N)OC(=O)C(F)(F)F)c1=O. The van der Waals surface area contributed by atoms with Crippen LogP contribution in [0.2, 0.25) is 0 Å². The minimum atomic E-state index is -5.27. The van der Waals surface area contributed by atoms with Gasteiger partial charge in [0.2, 0.25) is 0 Å². The fourth-order valence-corrected chi connectivity index (χ4v) is 3.69. The molecule has 3 rings (SSSR count). The van der Waals surface area contributed by atoms with Gasteiger partial charge in [0.25, 0.3) is 5.56 Å². The Morgan fingerprint density at radius 2 is 1.97 bits per heavy atom. The molecule has 1 aliphatic rings. The van der Waals surface area contributed by atoms with E-state index < -0.39 is 35.4 Å². The van der Waals surface area contributed by atoms with Crippen LogP contribution in [0.1, 0.15) is 30.2 Å². The molecule has 1 fully saturated rings. The Hall–Kier alpha value is -3.19. The predicted molar refractivity (Wildman–Crippen MR) is 110 cm³/mol. The number of alkyl halides is 3. The van der Waals surface area contributed by atoms with Crippen molar-refractivity contribution in [1.29, 1.82) is 0 Å². The zero-order valence-corrected chi connectivity index (χ0v) is 17.6. The van der Waals surface area contributed by atoms with Gasteiger partial charge in [-0.1, -0.05) is 6.07 Å². The number of nitrogens with zero attached hydrogens (tertiary/aromatic N) is 3. The third-order valence-corrected chi connectivity index (χ3v) is 5.36. The van der Waals surface area contributed by atoms with Gasteiger partial charge < -0.3 is 15.4 Å². The maximum Gasteiger partial charge on any atom is 0.490 e. The molecule has 1 aromatic carbocycles.